The average Bonchev–Trinajstić information content (AvgIpc) is 2.58. The van der Waals surface area contributed by atoms with E-state index < -0.39 is 11.1 Å². The highest BCUT2D eigenvalue weighted by Gasteiger charge is 2.63. The van der Waals surface area contributed by atoms with Crippen molar-refractivity contribution in [1.82, 2.24) is 5.01 Å². The summed E-state index contributed by atoms with van der Waals surface area (Å²) < 4.78 is 5.39. The first kappa shape index (κ1) is 16.4. The molecular weight excluding hydrogens is 328 g/mol. The van der Waals surface area contributed by atoms with Crippen LogP contribution in [-0.2, 0) is 4.79 Å². The normalized spacial score (nSPS) is 39.9. The Bertz CT molecular complexity index is 745. The molecule has 2 unspecified atom stereocenters. The monoisotopic (exact) mass is 356 g/mol. The van der Waals surface area contributed by atoms with E-state index in [0.717, 1.165) is 43.5 Å². The molecule has 1 saturated heterocycles. The molecule has 6 rings (SSSR count). The molecule has 140 valence electrons. The Hall–Kier alpha value is -1.75. The fourth-order valence-electron chi connectivity index (χ4n) is 6.50. The molecule has 1 aromatic rings. The van der Waals surface area contributed by atoms with E-state index in [2.05, 4.69) is 5.01 Å². The maximum Gasteiger partial charge on any atom is 0.268 e. The van der Waals surface area contributed by atoms with Crippen LogP contribution in [0.1, 0.15) is 46.0 Å². The molecule has 0 spiro atoms. The van der Waals surface area contributed by atoms with E-state index in [-0.39, 0.29) is 11.9 Å². The van der Waals surface area contributed by atoms with Gasteiger partial charge in [-0.2, -0.15) is 0 Å². The zero-order valence-corrected chi connectivity index (χ0v) is 15.8. The molecule has 4 aliphatic carbocycles. The first-order chi connectivity index (χ1) is 12.3. The van der Waals surface area contributed by atoms with Gasteiger partial charge in [-0.15, -0.1) is 0 Å². The van der Waals surface area contributed by atoms with E-state index in [1.54, 1.807) is 7.11 Å². The summed E-state index contributed by atoms with van der Waals surface area (Å²) in [5, 5.41) is 15.1. The molecule has 4 saturated carbocycles. The lowest BCUT2D eigenvalue weighted by Gasteiger charge is -2.67. The molecule has 5 fully saturated rings. The van der Waals surface area contributed by atoms with E-state index in [0.29, 0.717) is 17.8 Å². The number of carbonyl (C=O) groups excluding carboxylic acids is 1. The van der Waals surface area contributed by atoms with Crippen molar-refractivity contribution in [1.29, 1.82) is 0 Å². The highest BCUT2D eigenvalue weighted by molar-refractivity contribution is 5.98. The third-order valence-corrected chi connectivity index (χ3v) is 7.25. The Balaban J connectivity index is 1.51. The van der Waals surface area contributed by atoms with Crippen LogP contribution in [0.2, 0.25) is 0 Å². The van der Waals surface area contributed by atoms with Gasteiger partial charge in [0, 0.05) is 6.07 Å². The Morgan fingerprint density at radius 3 is 2.46 bits per heavy atom. The van der Waals surface area contributed by atoms with Gasteiger partial charge in [-0.3, -0.25) is 9.80 Å². The second-order valence-corrected chi connectivity index (χ2v) is 9.41. The highest BCUT2D eigenvalue weighted by atomic mass is 16.5. The van der Waals surface area contributed by atoms with Crippen molar-refractivity contribution in [3.63, 3.8) is 0 Å². The fraction of sp³-hybridized carbons (Fsp3) is 0.667. The minimum Gasteiger partial charge on any atom is -0.497 e. The molecule has 26 heavy (non-hydrogen) atoms. The van der Waals surface area contributed by atoms with Crippen molar-refractivity contribution >= 4 is 11.6 Å². The van der Waals surface area contributed by atoms with Gasteiger partial charge in [0.15, 0.2) is 0 Å². The summed E-state index contributed by atoms with van der Waals surface area (Å²) in [5.74, 6) is 2.48. The van der Waals surface area contributed by atoms with Crippen LogP contribution in [0.15, 0.2) is 24.3 Å². The molecule has 5 aliphatic rings. The van der Waals surface area contributed by atoms with Gasteiger partial charge < -0.3 is 9.84 Å². The van der Waals surface area contributed by atoms with Gasteiger partial charge in [-0.1, -0.05) is 6.07 Å². The lowest BCUT2D eigenvalue weighted by molar-refractivity contribution is -0.190. The van der Waals surface area contributed by atoms with Crippen LogP contribution in [0.5, 0.6) is 5.75 Å². The maximum absolute atomic E-state index is 13.1. The number of anilines is 1. The van der Waals surface area contributed by atoms with Crippen molar-refractivity contribution in [2.75, 3.05) is 12.1 Å². The molecule has 1 aromatic carbocycles. The Morgan fingerprint density at radius 1 is 1.15 bits per heavy atom. The standard InChI is InChI=1S/C21H28N2O3/c1-20(2)19(24)22(23(20)16-5-4-6-17(9-16)26-3)18-14-7-13-8-15(18)12-21(25,10-13)11-14/h4-6,9,13-15,18,25H,7-8,10-12H2,1-3H3. The van der Waals surface area contributed by atoms with Gasteiger partial charge in [-0.25, -0.2) is 5.01 Å². The molecule has 4 bridgehead atoms. The number of carbonyl (C=O) groups is 1. The highest BCUT2D eigenvalue weighted by Crippen LogP contribution is 2.58. The molecule has 1 N–H and O–H groups in total. The minimum absolute atomic E-state index is 0.199. The van der Waals surface area contributed by atoms with Crippen LogP contribution in [0.25, 0.3) is 0 Å². The Kier molecular flexibility index (Phi) is 3.26. The van der Waals surface area contributed by atoms with Gasteiger partial charge >= 0.3 is 0 Å². The van der Waals surface area contributed by atoms with E-state index in [4.69, 9.17) is 4.74 Å². The summed E-state index contributed by atoms with van der Waals surface area (Å²) in [6, 6.07) is 8.18. The van der Waals surface area contributed by atoms with E-state index >= 15 is 0 Å². The summed E-state index contributed by atoms with van der Waals surface area (Å²) in [6.07, 6.45) is 4.96. The number of nitrogens with zero attached hydrogens (tertiary/aromatic N) is 2. The Labute approximate surface area is 154 Å². The number of methoxy groups -OCH3 is 1. The third-order valence-electron chi connectivity index (χ3n) is 7.25. The molecule has 0 radical (unpaired) electrons. The number of aliphatic hydroxyl groups is 1. The predicted molar refractivity (Wildman–Crippen MR) is 98.7 cm³/mol. The van der Waals surface area contributed by atoms with E-state index in [9.17, 15) is 9.90 Å². The lowest BCUT2D eigenvalue weighted by Crippen LogP contribution is -2.80. The van der Waals surface area contributed by atoms with E-state index in [1.807, 2.05) is 43.1 Å². The predicted octanol–water partition coefficient (Wildman–Crippen LogP) is 2.98. The summed E-state index contributed by atoms with van der Waals surface area (Å²) in [4.78, 5) is 13.1. The van der Waals surface area contributed by atoms with E-state index in [1.165, 1.54) is 0 Å². The van der Waals surface area contributed by atoms with Gasteiger partial charge in [0.05, 0.1) is 24.4 Å². The second-order valence-electron chi connectivity index (χ2n) is 9.41. The van der Waals surface area contributed by atoms with Crippen LogP contribution in [-0.4, -0.2) is 40.3 Å². The largest absolute Gasteiger partial charge is 0.497 e. The zero-order chi connectivity index (χ0) is 18.3. The topological polar surface area (TPSA) is 53.0 Å². The molecule has 2 atom stereocenters. The van der Waals surface area contributed by atoms with Crippen molar-refractivity contribution in [2.45, 2.75) is 63.1 Å². The number of ether oxygens (including phenoxy) is 1. The molecule has 1 heterocycles. The second kappa shape index (κ2) is 5.16. The smallest absolute Gasteiger partial charge is 0.268 e. The summed E-state index contributed by atoms with van der Waals surface area (Å²) in [7, 11) is 1.67. The molecule has 0 aromatic heterocycles. The quantitative estimate of drug-likeness (QED) is 0.905. The zero-order valence-electron chi connectivity index (χ0n) is 15.8. The molecule has 1 aliphatic heterocycles. The van der Waals surface area contributed by atoms with Gasteiger partial charge in [0.2, 0.25) is 0 Å². The molecule has 1 amide bonds. The van der Waals surface area contributed by atoms with Crippen molar-refractivity contribution in [2.24, 2.45) is 17.8 Å². The van der Waals surface area contributed by atoms with Crippen molar-refractivity contribution in [3.05, 3.63) is 24.3 Å². The lowest BCUT2D eigenvalue weighted by atomic mass is 9.52. The third kappa shape index (κ3) is 2.10. The van der Waals surface area contributed by atoms with Crippen LogP contribution in [0.4, 0.5) is 5.69 Å². The molecule has 5 nitrogen and oxygen atoms in total. The molecular formula is C21H28N2O3. The number of benzene rings is 1. The van der Waals surface area contributed by atoms with Crippen molar-refractivity contribution < 1.29 is 14.6 Å². The van der Waals surface area contributed by atoms with Crippen LogP contribution >= 0.6 is 0 Å². The first-order valence-corrected chi connectivity index (χ1v) is 9.83. The Morgan fingerprint density at radius 2 is 1.85 bits per heavy atom. The summed E-state index contributed by atoms with van der Waals surface area (Å²) >= 11 is 0. The fourth-order valence-corrected chi connectivity index (χ4v) is 6.50. The van der Waals surface area contributed by atoms with Gasteiger partial charge in [0.1, 0.15) is 11.3 Å². The molecule has 5 heteroatoms. The van der Waals surface area contributed by atoms with Crippen molar-refractivity contribution in [3.8, 4) is 5.75 Å². The number of rotatable bonds is 3. The minimum atomic E-state index is -0.544. The maximum atomic E-state index is 13.1. The first-order valence-electron chi connectivity index (χ1n) is 9.83. The van der Waals surface area contributed by atoms with Crippen LogP contribution in [0.3, 0.4) is 0 Å². The number of amides is 1. The SMILES string of the molecule is COc1cccc(N2N(C3C4CC5CC3CC(O)(C5)C4)C(=O)C2(C)C)c1. The van der Waals surface area contributed by atoms with Crippen LogP contribution in [0, 0.1) is 17.8 Å². The number of hydrogen-bond acceptors (Lipinski definition) is 4. The number of hydrazine groups is 1. The van der Waals surface area contributed by atoms with Crippen LogP contribution < -0.4 is 9.75 Å². The number of hydrogen-bond donors (Lipinski definition) is 1. The summed E-state index contributed by atoms with van der Waals surface area (Å²) in [5.41, 5.74) is -0.0173. The summed E-state index contributed by atoms with van der Waals surface area (Å²) in [6.45, 7) is 3.99. The average molecular weight is 356 g/mol. The van der Waals surface area contributed by atoms with Gasteiger partial charge in [-0.05, 0) is 75.8 Å². The van der Waals surface area contributed by atoms with Gasteiger partial charge in [0.25, 0.3) is 5.91 Å².